The minimum atomic E-state index is -3.36. The van der Waals surface area contributed by atoms with Crippen molar-refractivity contribution in [2.75, 3.05) is 20.6 Å². The molecule has 0 fully saturated rings. The number of thiophene rings is 1. The largest absolute Gasteiger partial charge is 0.357 e. The summed E-state index contributed by atoms with van der Waals surface area (Å²) in [7, 11) is -0.285. The molecule has 9 heteroatoms. The predicted octanol–water partition coefficient (Wildman–Crippen LogP) is 2.39. The average Bonchev–Trinajstić information content (AvgIpc) is 3.16. The van der Waals surface area contributed by atoms with Gasteiger partial charge in [0.15, 0.2) is 5.96 Å². The quantitative estimate of drug-likeness (QED) is 0.282. The number of nitrogens with one attached hydrogen (secondary N) is 2. The van der Waals surface area contributed by atoms with Gasteiger partial charge in [-0.25, -0.2) is 17.7 Å². The molecule has 136 valence electrons. The van der Waals surface area contributed by atoms with Crippen molar-refractivity contribution in [1.29, 1.82) is 0 Å². The van der Waals surface area contributed by atoms with E-state index in [0.29, 0.717) is 16.8 Å². The van der Waals surface area contributed by atoms with Gasteiger partial charge >= 0.3 is 0 Å². The zero-order valence-corrected chi connectivity index (χ0v) is 18.1. The van der Waals surface area contributed by atoms with Crippen molar-refractivity contribution < 1.29 is 8.42 Å². The van der Waals surface area contributed by atoms with E-state index in [1.807, 2.05) is 13.0 Å². The fraction of sp³-hybridized carbons (Fsp3) is 0.533. The first-order valence-electron chi connectivity index (χ1n) is 7.64. The molecular formula is C15H25IN4O2S2. The third-order valence-corrected chi connectivity index (χ3v) is 6.81. The Labute approximate surface area is 165 Å². The van der Waals surface area contributed by atoms with Crippen molar-refractivity contribution in [3.8, 4) is 0 Å². The molecule has 0 unspecified atom stereocenters. The molecule has 0 bridgehead atoms. The van der Waals surface area contributed by atoms with Gasteiger partial charge in [-0.3, -0.25) is 0 Å². The molecule has 1 heterocycles. The molecule has 0 aliphatic heterocycles. The van der Waals surface area contributed by atoms with Crippen LogP contribution in [0.15, 0.2) is 33.5 Å². The molecule has 0 aromatic carbocycles. The van der Waals surface area contributed by atoms with Crippen LogP contribution in [0, 0.1) is 0 Å². The number of nitrogens with zero attached hydrogens (tertiary/aromatic N) is 2. The summed E-state index contributed by atoms with van der Waals surface area (Å²) in [5, 5.41) is 6.62. The van der Waals surface area contributed by atoms with Crippen LogP contribution in [0.2, 0.25) is 0 Å². The molecule has 0 radical (unpaired) electrons. The second kappa shape index (κ2) is 9.73. The highest BCUT2D eigenvalue weighted by molar-refractivity contribution is 14.0. The molecule has 24 heavy (non-hydrogen) atoms. The van der Waals surface area contributed by atoms with Crippen molar-refractivity contribution >= 4 is 51.3 Å². The van der Waals surface area contributed by atoms with Crippen LogP contribution in [-0.4, -0.2) is 45.4 Å². The smallest absolute Gasteiger partial charge is 0.252 e. The molecule has 1 aromatic heterocycles. The molecule has 0 spiro atoms. The summed E-state index contributed by atoms with van der Waals surface area (Å²) in [6.07, 6.45) is 6.35. The van der Waals surface area contributed by atoms with E-state index in [2.05, 4.69) is 27.8 Å². The van der Waals surface area contributed by atoms with Gasteiger partial charge in [-0.15, -0.1) is 35.3 Å². The molecule has 1 aliphatic carbocycles. The summed E-state index contributed by atoms with van der Waals surface area (Å²) in [5.74, 6) is 0.770. The number of hydrogen-bond donors (Lipinski definition) is 2. The van der Waals surface area contributed by atoms with Gasteiger partial charge in [0, 0.05) is 31.6 Å². The van der Waals surface area contributed by atoms with Crippen LogP contribution in [0.1, 0.15) is 24.6 Å². The molecule has 2 rings (SSSR count). The van der Waals surface area contributed by atoms with Crippen LogP contribution in [0.25, 0.3) is 0 Å². The SMILES string of the molecule is CCNC(=NCc1ccc(S(=O)(=O)N(C)C)s1)NC1CC=CC1.I. The van der Waals surface area contributed by atoms with Crippen LogP contribution in [0.4, 0.5) is 0 Å². The standard InChI is InChI=1S/C15H24N4O2S2.HI/c1-4-16-15(18-12-7-5-6-8-12)17-11-13-9-10-14(22-13)23(20,21)19(2)3;/h5-6,9-10,12H,4,7-8,11H2,1-3H3,(H2,16,17,18);1H. The monoisotopic (exact) mass is 484 g/mol. The highest BCUT2D eigenvalue weighted by Gasteiger charge is 2.19. The van der Waals surface area contributed by atoms with E-state index in [1.165, 1.54) is 29.7 Å². The lowest BCUT2D eigenvalue weighted by molar-refractivity contribution is 0.523. The van der Waals surface area contributed by atoms with E-state index >= 15 is 0 Å². The predicted molar refractivity (Wildman–Crippen MR) is 111 cm³/mol. The Morgan fingerprint density at radius 1 is 1.33 bits per heavy atom. The summed E-state index contributed by atoms with van der Waals surface area (Å²) in [6, 6.07) is 3.86. The van der Waals surface area contributed by atoms with Gasteiger partial charge in [-0.2, -0.15) is 0 Å². The summed E-state index contributed by atoms with van der Waals surface area (Å²) in [4.78, 5) is 5.48. The van der Waals surface area contributed by atoms with Gasteiger partial charge in [-0.1, -0.05) is 12.2 Å². The zero-order valence-electron chi connectivity index (χ0n) is 14.2. The topological polar surface area (TPSA) is 73.8 Å². The lowest BCUT2D eigenvalue weighted by atomic mass is 10.2. The molecule has 1 aromatic rings. The van der Waals surface area contributed by atoms with E-state index < -0.39 is 10.0 Å². The van der Waals surface area contributed by atoms with Gasteiger partial charge in [-0.05, 0) is 31.9 Å². The van der Waals surface area contributed by atoms with Crippen LogP contribution in [-0.2, 0) is 16.6 Å². The summed E-state index contributed by atoms with van der Waals surface area (Å²) in [5.41, 5.74) is 0. The Kier molecular flexibility index (Phi) is 8.68. The van der Waals surface area contributed by atoms with Crippen molar-refractivity contribution in [3.63, 3.8) is 0 Å². The number of sulfonamides is 1. The number of rotatable bonds is 6. The van der Waals surface area contributed by atoms with Gasteiger partial charge in [0.05, 0.1) is 6.54 Å². The molecule has 0 saturated heterocycles. The van der Waals surface area contributed by atoms with E-state index in [9.17, 15) is 8.42 Å². The normalized spacial score (nSPS) is 15.6. The highest BCUT2D eigenvalue weighted by Crippen LogP contribution is 2.24. The first kappa shape index (κ1) is 21.4. The summed E-state index contributed by atoms with van der Waals surface area (Å²) < 4.78 is 25.7. The lowest BCUT2D eigenvalue weighted by Crippen LogP contribution is -2.42. The lowest BCUT2D eigenvalue weighted by Gasteiger charge is -2.16. The van der Waals surface area contributed by atoms with E-state index in [4.69, 9.17) is 0 Å². The maximum absolute atomic E-state index is 12.1. The number of halogens is 1. The third-order valence-electron chi connectivity index (χ3n) is 3.46. The van der Waals surface area contributed by atoms with Crippen LogP contribution >= 0.6 is 35.3 Å². The molecule has 0 atom stereocenters. The Morgan fingerprint density at radius 3 is 2.58 bits per heavy atom. The fourth-order valence-corrected chi connectivity index (χ4v) is 4.62. The number of guanidine groups is 1. The number of aliphatic imine (C=N–C) groups is 1. The zero-order chi connectivity index (χ0) is 16.9. The Morgan fingerprint density at radius 2 is 2.00 bits per heavy atom. The maximum Gasteiger partial charge on any atom is 0.252 e. The van der Waals surface area contributed by atoms with Gasteiger partial charge < -0.3 is 10.6 Å². The third kappa shape index (κ3) is 5.71. The second-order valence-corrected chi connectivity index (χ2v) is 9.03. The van der Waals surface area contributed by atoms with Crippen molar-refractivity contribution in [2.24, 2.45) is 4.99 Å². The number of hydrogen-bond acceptors (Lipinski definition) is 4. The van der Waals surface area contributed by atoms with Gasteiger partial charge in [0.2, 0.25) is 0 Å². The molecule has 6 nitrogen and oxygen atoms in total. The van der Waals surface area contributed by atoms with Crippen molar-refractivity contribution in [1.82, 2.24) is 14.9 Å². The minimum absolute atomic E-state index is 0. The first-order valence-corrected chi connectivity index (χ1v) is 9.90. The Balaban J connectivity index is 0.00000288. The Hall–Kier alpha value is -0.650. The summed E-state index contributed by atoms with van der Waals surface area (Å²) >= 11 is 1.27. The molecule has 1 aliphatic rings. The van der Waals surface area contributed by atoms with E-state index in [1.54, 1.807) is 6.07 Å². The highest BCUT2D eigenvalue weighted by atomic mass is 127. The molecule has 0 amide bonds. The van der Waals surface area contributed by atoms with E-state index in [-0.39, 0.29) is 24.0 Å². The van der Waals surface area contributed by atoms with Gasteiger partial charge in [0.1, 0.15) is 4.21 Å². The van der Waals surface area contributed by atoms with E-state index in [0.717, 1.165) is 30.2 Å². The average molecular weight is 484 g/mol. The van der Waals surface area contributed by atoms with Crippen LogP contribution in [0.5, 0.6) is 0 Å². The van der Waals surface area contributed by atoms with Crippen LogP contribution < -0.4 is 10.6 Å². The maximum atomic E-state index is 12.1. The van der Waals surface area contributed by atoms with Crippen LogP contribution in [0.3, 0.4) is 0 Å². The molecular weight excluding hydrogens is 459 g/mol. The van der Waals surface area contributed by atoms with Gasteiger partial charge in [0.25, 0.3) is 10.0 Å². The second-order valence-electron chi connectivity index (χ2n) is 5.49. The summed E-state index contributed by atoms with van der Waals surface area (Å²) in [6.45, 7) is 3.27. The van der Waals surface area contributed by atoms with Crippen molar-refractivity contribution in [3.05, 3.63) is 29.2 Å². The molecule has 2 N–H and O–H groups in total. The first-order chi connectivity index (χ1) is 10.9. The molecule has 0 saturated carbocycles. The van der Waals surface area contributed by atoms with Crippen molar-refractivity contribution in [2.45, 2.75) is 36.6 Å². The fourth-order valence-electron chi connectivity index (χ4n) is 2.17. The minimum Gasteiger partial charge on any atom is -0.357 e. The Bertz CT molecular complexity index is 675.